The average Bonchev–Trinajstić information content (AvgIpc) is 2.23. The van der Waals surface area contributed by atoms with Crippen molar-refractivity contribution in [1.29, 1.82) is 0 Å². The predicted molar refractivity (Wildman–Crippen MR) is 62.9 cm³/mol. The third-order valence-electron chi connectivity index (χ3n) is 2.48. The average molecular weight is 273 g/mol. The van der Waals surface area contributed by atoms with E-state index in [1.54, 1.807) is 13.0 Å². The van der Waals surface area contributed by atoms with Crippen molar-refractivity contribution in [1.82, 2.24) is 0 Å². The highest BCUT2D eigenvalue weighted by Gasteiger charge is 2.15. The van der Waals surface area contributed by atoms with Crippen LogP contribution in [0.25, 0.3) is 0 Å². The van der Waals surface area contributed by atoms with Crippen LogP contribution >= 0.6 is 15.9 Å². The zero-order valence-corrected chi connectivity index (χ0v) is 10.5. The zero-order chi connectivity index (χ0) is 11.4. The molecule has 0 fully saturated rings. The Hall–Kier alpha value is -0.700. The Kier molecular flexibility index (Phi) is 4.45. The molecule has 82 valence electrons. The summed E-state index contributed by atoms with van der Waals surface area (Å²) >= 11 is 3.33. The number of rotatable bonds is 4. The molecule has 0 saturated carbocycles. The van der Waals surface area contributed by atoms with Crippen LogP contribution in [0.15, 0.2) is 18.2 Å². The lowest BCUT2D eigenvalue weighted by atomic mass is 10.0. The molecule has 1 nitrogen and oxygen atoms in total. The minimum Gasteiger partial charge on any atom is -0.298 e. The minimum atomic E-state index is -0.212. The Bertz CT molecular complexity index is 363. The number of Topliss-reactive ketones (excluding diaryl/α,β-unsaturated/α-hetero) is 1. The number of carbonyl (C=O) groups is 1. The van der Waals surface area contributed by atoms with Crippen LogP contribution in [0.5, 0.6) is 0 Å². The molecule has 15 heavy (non-hydrogen) atoms. The Morgan fingerprint density at radius 2 is 2.20 bits per heavy atom. The van der Waals surface area contributed by atoms with Gasteiger partial charge in [0.05, 0.1) is 4.83 Å². The van der Waals surface area contributed by atoms with Gasteiger partial charge in [-0.15, -0.1) is 0 Å². The Morgan fingerprint density at radius 1 is 1.53 bits per heavy atom. The first-order valence-electron chi connectivity index (χ1n) is 4.97. The maximum atomic E-state index is 13.2. The predicted octanol–water partition coefficient (Wildman–Crippen LogP) is 3.42. The molecular formula is C12H14BrFO. The first-order valence-corrected chi connectivity index (χ1v) is 5.88. The van der Waals surface area contributed by atoms with Gasteiger partial charge in [0.25, 0.3) is 0 Å². The van der Waals surface area contributed by atoms with Crippen molar-refractivity contribution < 1.29 is 9.18 Å². The quantitative estimate of drug-likeness (QED) is 0.768. The third-order valence-corrected chi connectivity index (χ3v) is 3.31. The fourth-order valence-electron chi connectivity index (χ4n) is 1.40. The van der Waals surface area contributed by atoms with Gasteiger partial charge in [-0.2, -0.15) is 0 Å². The van der Waals surface area contributed by atoms with Crippen LogP contribution in [0.4, 0.5) is 4.39 Å². The van der Waals surface area contributed by atoms with E-state index in [9.17, 15) is 9.18 Å². The molecule has 0 aliphatic rings. The van der Waals surface area contributed by atoms with Crippen molar-refractivity contribution in [3.63, 3.8) is 0 Å². The molecule has 0 saturated heterocycles. The van der Waals surface area contributed by atoms with Crippen molar-refractivity contribution in [2.45, 2.75) is 31.5 Å². The van der Waals surface area contributed by atoms with Crippen LogP contribution in [0.3, 0.4) is 0 Å². The SMILES string of the molecule is CCC(=O)C(Br)Cc1cccc(F)c1C. The van der Waals surface area contributed by atoms with E-state index in [4.69, 9.17) is 0 Å². The summed E-state index contributed by atoms with van der Waals surface area (Å²) in [6.07, 6.45) is 1.06. The summed E-state index contributed by atoms with van der Waals surface area (Å²) in [4.78, 5) is 11.2. The second-order valence-electron chi connectivity index (χ2n) is 3.52. The summed E-state index contributed by atoms with van der Waals surface area (Å²) in [6, 6.07) is 4.97. The lowest BCUT2D eigenvalue weighted by molar-refractivity contribution is -0.118. The van der Waals surface area contributed by atoms with Crippen molar-refractivity contribution >= 4 is 21.7 Å². The first-order chi connectivity index (χ1) is 7.06. The van der Waals surface area contributed by atoms with Gasteiger partial charge >= 0.3 is 0 Å². The smallest absolute Gasteiger partial charge is 0.146 e. The molecule has 0 aliphatic heterocycles. The topological polar surface area (TPSA) is 17.1 Å². The molecule has 0 spiro atoms. The Morgan fingerprint density at radius 3 is 2.80 bits per heavy atom. The van der Waals surface area contributed by atoms with Gasteiger partial charge in [0, 0.05) is 6.42 Å². The zero-order valence-electron chi connectivity index (χ0n) is 8.89. The van der Waals surface area contributed by atoms with E-state index < -0.39 is 0 Å². The molecule has 0 bridgehead atoms. The molecule has 0 N–H and O–H groups in total. The van der Waals surface area contributed by atoms with Crippen LogP contribution in [-0.4, -0.2) is 10.6 Å². The van der Waals surface area contributed by atoms with Crippen molar-refractivity contribution in [3.05, 3.63) is 35.1 Å². The number of carbonyl (C=O) groups excluding carboxylic acids is 1. The molecule has 1 unspecified atom stereocenters. The second kappa shape index (κ2) is 5.40. The summed E-state index contributed by atoms with van der Waals surface area (Å²) in [5.41, 5.74) is 1.52. The second-order valence-corrected chi connectivity index (χ2v) is 4.62. The molecule has 1 aromatic carbocycles. The molecule has 0 heterocycles. The lowest BCUT2D eigenvalue weighted by Crippen LogP contribution is -2.16. The summed E-state index contributed by atoms with van der Waals surface area (Å²) in [5, 5.41) is 0. The molecule has 0 radical (unpaired) electrons. The number of ketones is 1. The van der Waals surface area contributed by atoms with Gasteiger partial charge in [0.15, 0.2) is 0 Å². The highest BCUT2D eigenvalue weighted by molar-refractivity contribution is 9.10. The molecule has 0 aliphatic carbocycles. The summed E-state index contributed by atoms with van der Waals surface area (Å²) in [7, 11) is 0. The standard InChI is InChI=1S/C12H14BrFO/c1-3-12(15)10(13)7-9-5-4-6-11(14)8(9)2/h4-6,10H,3,7H2,1-2H3. The molecule has 1 atom stereocenters. The van der Waals surface area contributed by atoms with Crippen molar-refractivity contribution in [2.24, 2.45) is 0 Å². The highest BCUT2D eigenvalue weighted by Crippen LogP contribution is 2.18. The van der Waals surface area contributed by atoms with Gasteiger partial charge in [-0.3, -0.25) is 4.79 Å². The Balaban J connectivity index is 2.81. The molecular weight excluding hydrogens is 259 g/mol. The highest BCUT2D eigenvalue weighted by atomic mass is 79.9. The Labute approximate surface area is 97.8 Å². The van der Waals surface area contributed by atoms with E-state index >= 15 is 0 Å². The number of benzene rings is 1. The van der Waals surface area contributed by atoms with Crippen LogP contribution in [0.1, 0.15) is 24.5 Å². The lowest BCUT2D eigenvalue weighted by Gasteiger charge is -2.10. The molecule has 0 aromatic heterocycles. The first kappa shape index (κ1) is 12.4. The van der Waals surface area contributed by atoms with Crippen LogP contribution in [-0.2, 0) is 11.2 Å². The summed E-state index contributed by atoms with van der Waals surface area (Å²) < 4.78 is 13.2. The van der Waals surface area contributed by atoms with Gasteiger partial charge in [-0.1, -0.05) is 35.0 Å². The third kappa shape index (κ3) is 3.13. The largest absolute Gasteiger partial charge is 0.298 e. The monoisotopic (exact) mass is 272 g/mol. The van der Waals surface area contributed by atoms with Gasteiger partial charge in [0.2, 0.25) is 0 Å². The van der Waals surface area contributed by atoms with Gasteiger partial charge < -0.3 is 0 Å². The number of hydrogen-bond acceptors (Lipinski definition) is 1. The van der Waals surface area contributed by atoms with Crippen LogP contribution < -0.4 is 0 Å². The normalized spacial score (nSPS) is 12.5. The van der Waals surface area contributed by atoms with E-state index in [2.05, 4.69) is 15.9 Å². The molecule has 1 rings (SSSR count). The molecule has 1 aromatic rings. The summed E-state index contributed by atoms with van der Waals surface area (Å²) in [6.45, 7) is 3.57. The molecule has 0 amide bonds. The van der Waals surface area contributed by atoms with E-state index in [0.717, 1.165) is 5.56 Å². The number of halogens is 2. The van der Waals surface area contributed by atoms with Crippen molar-refractivity contribution in [2.75, 3.05) is 0 Å². The molecule has 3 heteroatoms. The van der Waals surface area contributed by atoms with E-state index in [1.807, 2.05) is 13.0 Å². The summed E-state index contributed by atoms with van der Waals surface area (Å²) in [5.74, 6) is -0.0604. The van der Waals surface area contributed by atoms with Gasteiger partial charge in [-0.05, 0) is 30.5 Å². The number of alkyl halides is 1. The van der Waals surface area contributed by atoms with Crippen LogP contribution in [0, 0.1) is 12.7 Å². The van der Waals surface area contributed by atoms with Crippen LogP contribution in [0.2, 0.25) is 0 Å². The van der Waals surface area contributed by atoms with E-state index in [0.29, 0.717) is 18.4 Å². The van der Waals surface area contributed by atoms with Gasteiger partial charge in [0.1, 0.15) is 11.6 Å². The fraction of sp³-hybridized carbons (Fsp3) is 0.417. The van der Waals surface area contributed by atoms with Gasteiger partial charge in [-0.25, -0.2) is 4.39 Å². The van der Waals surface area contributed by atoms with E-state index in [1.165, 1.54) is 6.07 Å². The number of hydrogen-bond donors (Lipinski definition) is 0. The maximum absolute atomic E-state index is 13.2. The fourth-order valence-corrected chi connectivity index (χ4v) is 2.07. The minimum absolute atomic E-state index is 0.152. The maximum Gasteiger partial charge on any atom is 0.146 e. The van der Waals surface area contributed by atoms with Crippen molar-refractivity contribution in [3.8, 4) is 0 Å². The van der Waals surface area contributed by atoms with E-state index in [-0.39, 0.29) is 16.4 Å².